The average molecular weight is 611 g/mol. The van der Waals surface area contributed by atoms with E-state index in [1.165, 1.54) is 46.2 Å². The van der Waals surface area contributed by atoms with E-state index in [2.05, 4.69) is 115 Å². The second kappa shape index (κ2) is 11.4. The molecule has 0 saturated heterocycles. The molecule has 1 aliphatic heterocycles. The molecule has 1 fully saturated rings. The predicted molar refractivity (Wildman–Crippen MR) is 191 cm³/mol. The number of ether oxygens (including phenoxy) is 1. The number of hydrogen-bond donors (Lipinski definition) is 1. The molecule has 2 N–H and O–H groups in total. The van der Waals surface area contributed by atoms with E-state index in [4.69, 9.17) is 15.5 Å². The molecule has 0 amide bonds. The van der Waals surface area contributed by atoms with Crippen LogP contribution in [0.25, 0.3) is 16.8 Å². The number of pyridine rings is 1. The first-order chi connectivity index (χ1) is 23.3. The first-order valence-corrected chi connectivity index (χ1v) is 17.0. The molecule has 10 rings (SSSR count). The summed E-state index contributed by atoms with van der Waals surface area (Å²) in [4.78, 5) is 4.88. The van der Waals surface area contributed by atoms with Crippen molar-refractivity contribution in [1.29, 1.82) is 0 Å². The monoisotopic (exact) mass is 610 g/mol. The number of para-hydroxylation sites is 2. The van der Waals surface area contributed by atoms with Gasteiger partial charge in [0.25, 0.3) is 0 Å². The maximum absolute atomic E-state index is 6.41. The smallest absolute Gasteiger partial charge is 0.132 e. The third-order valence-electron chi connectivity index (χ3n) is 10.9. The van der Waals surface area contributed by atoms with Gasteiger partial charge in [-0.15, -0.1) is 0 Å². The van der Waals surface area contributed by atoms with Crippen molar-refractivity contribution in [3.05, 3.63) is 179 Å². The SMILES string of the molecule is C1=CCC(C2C3=CC=CCC32)C=C1.NCC1=CC(c2ccc3c(c2)C2(c4ccccc4Oc4ccccc42)c2cccnc2-3)=CCC1. The maximum Gasteiger partial charge on any atom is 0.132 e. The van der Waals surface area contributed by atoms with Gasteiger partial charge >= 0.3 is 0 Å². The molecule has 5 aliphatic carbocycles. The van der Waals surface area contributed by atoms with Crippen LogP contribution in [0.15, 0.2) is 151 Å². The van der Waals surface area contributed by atoms with Gasteiger partial charge in [-0.25, -0.2) is 0 Å². The van der Waals surface area contributed by atoms with Gasteiger partial charge in [0, 0.05) is 29.4 Å². The van der Waals surface area contributed by atoms with Crippen LogP contribution in [0.4, 0.5) is 0 Å². The van der Waals surface area contributed by atoms with E-state index in [1.807, 2.05) is 24.4 Å². The Morgan fingerprint density at radius 1 is 0.809 bits per heavy atom. The fraction of sp³-hybridized carbons (Fsp3) is 0.205. The number of nitrogens with two attached hydrogens (primary N) is 1. The number of hydrogen-bond acceptors (Lipinski definition) is 3. The molecule has 0 radical (unpaired) electrons. The number of benzene rings is 3. The average Bonchev–Trinajstić information content (AvgIpc) is 3.82. The van der Waals surface area contributed by atoms with Crippen molar-refractivity contribution >= 4 is 5.57 Å². The molecule has 4 aromatic rings. The lowest BCUT2D eigenvalue weighted by Gasteiger charge is -2.39. The highest BCUT2D eigenvalue weighted by molar-refractivity contribution is 5.89. The van der Waals surface area contributed by atoms with E-state index >= 15 is 0 Å². The van der Waals surface area contributed by atoms with Crippen molar-refractivity contribution < 1.29 is 4.74 Å². The highest BCUT2D eigenvalue weighted by Gasteiger charge is 2.51. The van der Waals surface area contributed by atoms with Crippen molar-refractivity contribution in [2.24, 2.45) is 23.5 Å². The largest absolute Gasteiger partial charge is 0.457 e. The summed E-state index contributed by atoms with van der Waals surface area (Å²) in [6.07, 6.45) is 27.0. The highest BCUT2D eigenvalue weighted by Crippen LogP contribution is 2.62. The second-order valence-corrected chi connectivity index (χ2v) is 13.4. The summed E-state index contributed by atoms with van der Waals surface area (Å²) in [5, 5.41) is 0. The van der Waals surface area contributed by atoms with E-state index in [9.17, 15) is 0 Å². The Labute approximate surface area is 277 Å². The normalized spacial score (nSPS) is 23.0. The van der Waals surface area contributed by atoms with Gasteiger partial charge in [-0.3, -0.25) is 4.98 Å². The van der Waals surface area contributed by atoms with Crippen molar-refractivity contribution in [1.82, 2.24) is 4.98 Å². The minimum Gasteiger partial charge on any atom is -0.457 e. The Morgan fingerprint density at radius 2 is 1.60 bits per heavy atom. The van der Waals surface area contributed by atoms with Crippen LogP contribution in [0, 0.1) is 17.8 Å². The minimum absolute atomic E-state index is 0.476. The zero-order valence-electron chi connectivity index (χ0n) is 26.5. The highest BCUT2D eigenvalue weighted by atomic mass is 16.5. The molecule has 3 unspecified atom stereocenters. The molecular weight excluding hydrogens is 572 g/mol. The van der Waals surface area contributed by atoms with E-state index < -0.39 is 5.41 Å². The molecule has 230 valence electrons. The van der Waals surface area contributed by atoms with E-state index in [-0.39, 0.29) is 0 Å². The Balaban J connectivity index is 0.000000193. The molecule has 3 heteroatoms. The molecule has 3 atom stereocenters. The van der Waals surface area contributed by atoms with Gasteiger partial charge < -0.3 is 10.5 Å². The summed E-state index contributed by atoms with van der Waals surface area (Å²) in [5.74, 6) is 4.36. The Kier molecular flexibility index (Phi) is 6.83. The van der Waals surface area contributed by atoms with Crippen LogP contribution in [0.3, 0.4) is 0 Å². The van der Waals surface area contributed by atoms with Gasteiger partial charge in [0.05, 0.1) is 11.1 Å². The fourth-order valence-electron chi connectivity index (χ4n) is 8.71. The first kappa shape index (κ1) is 28.3. The summed E-state index contributed by atoms with van der Waals surface area (Å²) in [6.45, 7) is 0.611. The van der Waals surface area contributed by atoms with Gasteiger partial charge in [0.2, 0.25) is 0 Å². The van der Waals surface area contributed by atoms with Crippen LogP contribution in [0.2, 0.25) is 0 Å². The summed E-state index contributed by atoms with van der Waals surface area (Å²) in [6, 6.07) is 28.0. The lowest BCUT2D eigenvalue weighted by molar-refractivity contribution is 0.436. The molecule has 1 saturated carbocycles. The van der Waals surface area contributed by atoms with Gasteiger partial charge in [0.15, 0.2) is 0 Å². The molecule has 3 aromatic carbocycles. The lowest BCUT2D eigenvalue weighted by Crippen LogP contribution is -2.32. The molecule has 6 aliphatic rings. The van der Waals surface area contributed by atoms with Crippen LogP contribution in [-0.4, -0.2) is 11.5 Å². The Morgan fingerprint density at radius 3 is 2.34 bits per heavy atom. The van der Waals surface area contributed by atoms with Crippen molar-refractivity contribution in [2.75, 3.05) is 6.54 Å². The Bertz CT molecular complexity index is 2040. The van der Waals surface area contributed by atoms with Crippen molar-refractivity contribution in [2.45, 2.75) is 31.1 Å². The molecule has 3 nitrogen and oxygen atoms in total. The zero-order valence-corrected chi connectivity index (χ0v) is 26.5. The number of allylic oxidation sites excluding steroid dienone is 11. The lowest BCUT2D eigenvalue weighted by atomic mass is 9.66. The molecule has 1 spiro atoms. The van der Waals surface area contributed by atoms with Crippen LogP contribution in [0.5, 0.6) is 11.5 Å². The summed E-state index contributed by atoms with van der Waals surface area (Å²) in [7, 11) is 0. The maximum atomic E-state index is 6.41. The molecule has 1 aromatic heterocycles. The number of nitrogens with zero attached hydrogens (tertiary/aromatic N) is 1. The predicted octanol–water partition coefficient (Wildman–Crippen LogP) is 9.86. The molecular formula is C44H38N2O. The minimum atomic E-state index is -0.476. The summed E-state index contributed by atoms with van der Waals surface area (Å²) in [5.41, 5.74) is 18.0. The fourth-order valence-corrected chi connectivity index (χ4v) is 8.71. The van der Waals surface area contributed by atoms with Gasteiger partial charge in [-0.1, -0.05) is 120 Å². The van der Waals surface area contributed by atoms with E-state index in [1.54, 1.807) is 5.57 Å². The topological polar surface area (TPSA) is 48.1 Å². The van der Waals surface area contributed by atoms with Crippen molar-refractivity contribution in [3.63, 3.8) is 0 Å². The van der Waals surface area contributed by atoms with Crippen molar-refractivity contribution in [3.8, 4) is 22.8 Å². The second-order valence-electron chi connectivity index (χ2n) is 13.4. The Hall–Kier alpha value is -4.99. The van der Waals surface area contributed by atoms with E-state index in [0.717, 1.165) is 58.9 Å². The number of aromatic nitrogens is 1. The third kappa shape index (κ3) is 4.48. The van der Waals surface area contributed by atoms with E-state index in [0.29, 0.717) is 6.54 Å². The van der Waals surface area contributed by atoms with Gasteiger partial charge in [-0.05, 0) is 90.0 Å². The number of fused-ring (bicyclic) bond motifs is 10. The third-order valence-corrected chi connectivity index (χ3v) is 10.9. The quantitative estimate of drug-likeness (QED) is 0.217. The van der Waals surface area contributed by atoms with Crippen LogP contribution in [-0.2, 0) is 5.41 Å². The van der Waals surface area contributed by atoms with Gasteiger partial charge in [-0.2, -0.15) is 0 Å². The molecule has 47 heavy (non-hydrogen) atoms. The molecule has 0 bridgehead atoms. The summed E-state index contributed by atoms with van der Waals surface area (Å²) >= 11 is 0. The van der Waals surface area contributed by atoms with Crippen LogP contribution < -0.4 is 10.5 Å². The summed E-state index contributed by atoms with van der Waals surface area (Å²) < 4.78 is 6.41. The standard InChI is InChI=1S/C31H24N2O.C13H14/c32-19-20-7-5-8-21(17-20)22-14-15-23-27(18-22)31(26-11-6-16-33-30(23)26)24-9-1-3-12-28(24)34-29-13-4-2-10-25(29)31;1-2-6-10(7-3-1)13-11-8-4-5-9-12(11)13/h1-4,6,8-18H,5,7,19,32H2;1-6,8,10,12-13H,7,9H2. The first-order valence-electron chi connectivity index (χ1n) is 17.0. The number of rotatable bonds is 3. The van der Waals surface area contributed by atoms with Crippen LogP contribution >= 0.6 is 0 Å². The van der Waals surface area contributed by atoms with Crippen LogP contribution in [0.1, 0.15) is 53.5 Å². The molecule has 2 heterocycles. The zero-order chi connectivity index (χ0) is 31.4. The van der Waals surface area contributed by atoms with Gasteiger partial charge in [0.1, 0.15) is 11.5 Å².